The molecule has 1 fully saturated rings. The maximum absolute atomic E-state index is 8.86. The van der Waals surface area contributed by atoms with Gasteiger partial charge < -0.3 is 10.1 Å². The lowest BCUT2D eigenvalue weighted by atomic mass is 9.92. The van der Waals surface area contributed by atoms with Crippen LogP contribution in [0.3, 0.4) is 0 Å². The molecular weight excluding hydrogens is 334 g/mol. The van der Waals surface area contributed by atoms with Crippen LogP contribution in [0.15, 0.2) is 60.9 Å². The van der Waals surface area contributed by atoms with Crippen LogP contribution in [0.25, 0.3) is 10.8 Å². The fourth-order valence-corrected chi connectivity index (χ4v) is 3.67. The Bertz CT molecular complexity index is 938. The first-order chi connectivity index (χ1) is 13.3. The number of nitrogens with one attached hydrogen (secondary N) is 1. The van der Waals surface area contributed by atoms with Crippen LogP contribution in [0.4, 0.5) is 0 Å². The van der Waals surface area contributed by atoms with Gasteiger partial charge in [-0.15, -0.1) is 0 Å². The summed E-state index contributed by atoms with van der Waals surface area (Å²) in [6.45, 7) is 0.848. The molecule has 4 rings (SSSR count). The van der Waals surface area contributed by atoms with Gasteiger partial charge in [0.15, 0.2) is 0 Å². The van der Waals surface area contributed by atoms with E-state index in [1.165, 1.54) is 10.9 Å². The molecule has 1 aromatic heterocycles. The number of fused-ring (bicyclic) bond motifs is 1. The van der Waals surface area contributed by atoms with E-state index in [1.54, 1.807) is 0 Å². The van der Waals surface area contributed by atoms with Gasteiger partial charge in [0.1, 0.15) is 5.75 Å². The van der Waals surface area contributed by atoms with Crippen LogP contribution in [0.1, 0.15) is 36.8 Å². The molecule has 4 heteroatoms. The Morgan fingerprint density at radius 2 is 1.81 bits per heavy atom. The van der Waals surface area contributed by atoms with Crippen LogP contribution in [0.5, 0.6) is 5.75 Å². The van der Waals surface area contributed by atoms with E-state index in [4.69, 9.17) is 10.00 Å². The van der Waals surface area contributed by atoms with Gasteiger partial charge in [0, 0.05) is 30.4 Å². The van der Waals surface area contributed by atoms with Crippen molar-refractivity contribution < 1.29 is 4.74 Å². The maximum atomic E-state index is 8.86. The molecule has 1 saturated carbocycles. The first-order valence-electron chi connectivity index (χ1n) is 9.53. The van der Waals surface area contributed by atoms with Crippen molar-refractivity contribution in [2.75, 3.05) is 0 Å². The summed E-state index contributed by atoms with van der Waals surface area (Å²) in [4.78, 5) is 4.15. The van der Waals surface area contributed by atoms with Gasteiger partial charge in [-0.05, 0) is 73.0 Å². The Balaban J connectivity index is 1.26. The molecule has 4 nitrogen and oxygen atoms in total. The number of benzene rings is 2. The minimum atomic E-state index is 0.289. The predicted octanol–water partition coefficient (Wildman–Crippen LogP) is 4.59. The molecule has 1 aliphatic rings. The molecule has 0 amide bonds. The topological polar surface area (TPSA) is 57.9 Å². The van der Waals surface area contributed by atoms with Crippen molar-refractivity contribution in [3.8, 4) is 11.8 Å². The summed E-state index contributed by atoms with van der Waals surface area (Å²) in [6.07, 6.45) is 8.37. The van der Waals surface area contributed by atoms with E-state index in [-0.39, 0.29) is 6.10 Å². The highest BCUT2D eigenvalue weighted by Crippen LogP contribution is 2.26. The van der Waals surface area contributed by atoms with Crippen LogP contribution < -0.4 is 10.1 Å². The van der Waals surface area contributed by atoms with Crippen molar-refractivity contribution in [3.05, 3.63) is 72.1 Å². The van der Waals surface area contributed by atoms with Crippen molar-refractivity contribution in [3.63, 3.8) is 0 Å². The van der Waals surface area contributed by atoms with Gasteiger partial charge in [0.25, 0.3) is 0 Å². The maximum Gasteiger partial charge on any atom is 0.120 e. The molecule has 0 unspecified atom stereocenters. The standard InChI is InChI=1S/C23H23N3O/c24-14-17-1-3-18(4-2-17)15-26-21-6-9-22(10-7-21)27-23-8-5-20-16-25-12-11-19(20)13-23/h1-5,8,11-13,16,21-22,26H,6-7,9-10,15H2. The highest BCUT2D eigenvalue weighted by atomic mass is 16.5. The number of rotatable bonds is 5. The van der Waals surface area contributed by atoms with Crippen molar-refractivity contribution in [2.45, 2.75) is 44.4 Å². The summed E-state index contributed by atoms with van der Waals surface area (Å²) >= 11 is 0. The summed E-state index contributed by atoms with van der Waals surface area (Å²) in [5.41, 5.74) is 1.93. The van der Waals surface area contributed by atoms with E-state index >= 15 is 0 Å². The van der Waals surface area contributed by atoms with Crippen LogP contribution in [0.2, 0.25) is 0 Å². The minimum Gasteiger partial charge on any atom is -0.490 e. The van der Waals surface area contributed by atoms with Crippen LogP contribution in [0, 0.1) is 11.3 Å². The minimum absolute atomic E-state index is 0.289. The molecule has 2 aromatic carbocycles. The SMILES string of the molecule is N#Cc1ccc(CNC2CCC(Oc3ccc4cnccc4c3)CC2)cc1. The summed E-state index contributed by atoms with van der Waals surface area (Å²) in [6, 6.07) is 18.7. The lowest BCUT2D eigenvalue weighted by Gasteiger charge is -2.29. The van der Waals surface area contributed by atoms with Crippen LogP contribution in [-0.2, 0) is 6.54 Å². The zero-order chi connectivity index (χ0) is 18.5. The number of aromatic nitrogens is 1. The Morgan fingerprint density at radius 1 is 1.00 bits per heavy atom. The molecule has 1 heterocycles. The number of nitrogens with zero attached hydrogens (tertiary/aromatic N) is 2. The summed E-state index contributed by atoms with van der Waals surface area (Å²) in [5, 5.41) is 14.8. The van der Waals surface area contributed by atoms with Gasteiger partial charge in [-0.2, -0.15) is 5.26 Å². The average molecular weight is 357 g/mol. The fraction of sp³-hybridized carbons (Fsp3) is 0.304. The highest BCUT2D eigenvalue weighted by molar-refractivity contribution is 5.82. The molecule has 0 radical (unpaired) electrons. The third kappa shape index (κ3) is 4.45. The lowest BCUT2D eigenvalue weighted by molar-refractivity contribution is 0.139. The average Bonchev–Trinajstić information content (AvgIpc) is 2.73. The normalized spacial score (nSPS) is 19.5. The molecular formula is C23H23N3O. The Labute approximate surface area is 159 Å². The largest absolute Gasteiger partial charge is 0.490 e. The summed E-state index contributed by atoms with van der Waals surface area (Å²) in [5.74, 6) is 0.947. The predicted molar refractivity (Wildman–Crippen MR) is 106 cm³/mol. The quantitative estimate of drug-likeness (QED) is 0.726. The van der Waals surface area contributed by atoms with Gasteiger partial charge >= 0.3 is 0 Å². The number of nitriles is 1. The van der Waals surface area contributed by atoms with E-state index in [2.05, 4.69) is 28.5 Å². The summed E-state index contributed by atoms with van der Waals surface area (Å²) in [7, 11) is 0. The van der Waals surface area contributed by atoms with E-state index in [9.17, 15) is 0 Å². The number of hydrogen-bond acceptors (Lipinski definition) is 4. The highest BCUT2D eigenvalue weighted by Gasteiger charge is 2.22. The first kappa shape index (κ1) is 17.5. The molecule has 0 atom stereocenters. The van der Waals surface area contributed by atoms with Gasteiger partial charge in [0.2, 0.25) is 0 Å². The molecule has 0 saturated heterocycles. The van der Waals surface area contributed by atoms with E-state index < -0.39 is 0 Å². The fourth-order valence-electron chi connectivity index (χ4n) is 3.67. The van der Waals surface area contributed by atoms with Crippen molar-refractivity contribution in [1.29, 1.82) is 5.26 Å². The number of hydrogen-bond donors (Lipinski definition) is 1. The van der Waals surface area contributed by atoms with Crippen LogP contribution >= 0.6 is 0 Å². The van der Waals surface area contributed by atoms with Crippen molar-refractivity contribution in [1.82, 2.24) is 10.3 Å². The third-order valence-corrected chi connectivity index (χ3v) is 5.27. The van der Waals surface area contributed by atoms with Gasteiger partial charge in [0.05, 0.1) is 17.7 Å². The number of pyridine rings is 1. The second kappa shape index (κ2) is 8.20. The smallest absolute Gasteiger partial charge is 0.120 e. The van der Waals surface area contributed by atoms with Crippen molar-refractivity contribution >= 4 is 10.8 Å². The second-order valence-electron chi connectivity index (χ2n) is 7.17. The Kier molecular flexibility index (Phi) is 5.32. The molecule has 1 aliphatic carbocycles. The molecule has 1 N–H and O–H groups in total. The van der Waals surface area contributed by atoms with E-state index in [1.807, 2.05) is 48.8 Å². The zero-order valence-electron chi connectivity index (χ0n) is 15.3. The molecule has 0 bridgehead atoms. The van der Waals surface area contributed by atoms with E-state index in [0.717, 1.165) is 43.4 Å². The third-order valence-electron chi connectivity index (χ3n) is 5.27. The summed E-state index contributed by atoms with van der Waals surface area (Å²) < 4.78 is 6.22. The Hall–Kier alpha value is -2.90. The molecule has 136 valence electrons. The first-order valence-corrected chi connectivity index (χ1v) is 9.53. The molecule has 0 spiro atoms. The monoisotopic (exact) mass is 357 g/mol. The Morgan fingerprint density at radius 3 is 2.59 bits per heavy atom. The number of ether oxygens (including phenoxy) is 1. The van der Waals surface area contributed by atoms with Gasteiger partial charge in [-0.25, -0.2) is 0 Å². The van der Waals surface area contributed by atoms with Gasteiger partial charge in [-0.1, -0.05) is 12.1 Å². The lowest BCUT2D eigenvalue weighted by Crippen LogP contribution is -2.35. The van der Waals surface area contributed by atoms with Gasteiger partial charge in [-0.3, -0.25) is 4.98 Å². The second-order valence-corrected chi connectivity index (χ2v) is 7.17. The molecule has 0 aliphatic heterocycles. The molecule has 3 aromatic rings. The van der Waals surface area contributed by atoms with E-state index in [0.29, 0.717) is 11.6 Å². The van der Waals surface area contributed by atoms with Crippen molar-refractivity contribution in [2.24, 2.45) is 0 Å². The van der Waals surface area contributed by atoms with Crippen LogP contribution in [-0.4, -0.2) is 17.1 Å². The molecule has 27 heavy (non-hydrogen) atoms. The zero-order valence-corrected chi connectivity index (χ0v) is 15.3.